The van der Waals surface area contributed by atoms with Crippen LogP contribution in [0.3, 0.4) is 0 Å². The van der Waals surface area contributed by atoms with Gasteiger partial charge in [-0.05, 0) is 25.0 Å². The second-order valence-corrected chi connectivity index (χ2v) is 6.12. The number of aromatic nitrogens is 3. The molecule has 4 rings (SSSR count). The molecular weight excluding hydrogens is 300 g/mol. The van der Waals surface area contributed by atoms with Gasteiger partial charge in [0.05, 0.1) is 35.5 Å². The zero-order chi connectivity index (χ0) is 16.5. The summed E-state index contributed by atoms with van der Waals surface area (Å²) in [7, 11) is 1.61. The Morgan fingerprint density at radius 2 is 2.08 bits per heavy atom. The third-order valence-corrected chi connectivity index (χ3v) is 4.79. The molecule has 24 heavy (non-hydrogen) atoms. The molecule has 0 saturated heterocycles. The predicted molar refractivity (Wildman–Crippen MR) is 91.7 cm³/mol. The van der Waals surface area contributed by atoms with Gasteiger partial charge in [0, 0.05) is 24.0 Å². The molecule has 0 unspecified atom stereocenters. The number of hydrogen-bond donors (Lipinski definition) is 0. The lowest BCUT2D eigenvalue weighted by Gasteiger charge is -2.14. The van der Waals surface area contributed by atoms with E-state index in [0.29, 0.717) is 17.5 Å². The highest BCUT2D eigenvalue weighted by molar-refractivity contribution is 6.01. The fourth-order valence-electron chi connectivity index (χ4n) is 3.69. The first-order valence-electron chi connectivity index (χ1n) is 8.22. The van der Waals surface area contributed by atoms with E-state index in [1.165, 1.54) is 12.8 Å². The molecule has 3 aromatic rings. The number of fused-ring (bicyclic) bond motifs is 1. The van der Waals surface area contributed by atoms with Gasteiger partial charge in [-0.2, -0.15) is 5.26 Å². The van der Waals surface area contributed by atoms with Crippen molar-refractivity contribution in [2.75, 3.05) is 7.11 Å². The lowest BCUT2D eigenvalue weighted by molar-refractivity contribution is 0.403. The van der Waals surface area contributed by atoms with E-state index in [-0.39, 0.29) is 0 Å². The van der Waals surface area contributed by atoms with Crippen LogP contribution in [-0.4, -0.2) is 21.6 Å². The van der Waals surface area contributed by atoms with Gasteiger partial charge >= 0.3 is 0 Å². The maximum Gasteiger partial charge on any atom is 0.223 e. The monoisotopic (exact) mass is 318 g/mol. The minimum atomic E-state index is 0.421. The third-order valence-electron chi connectivity index (χ3n) is 4.79. The quantitative estimate of drug-likeness (QED) is 0.729. The van der Waals surface area contributed by atoms with Crippen molar-refractivity contribution in [2.24, 2.45) is 0 Å². The summed E-state index contributed by atoms with van der Waals surface area (Å²) in [5, 5.41) is 10.5. The van der Waals surface area contributed by atoms with Crippen LogP contribution in [0.2, 0.25) is 0 Å². The molecule has 0 atom stereocenters. The van der Waals surface area contributed by atoms with E-state index in [9.17, 15) is 5.26 Å². The Hall–Kier alpha value is -2.87. The fraction of sp³-hybridized carbons (Fsp3) is 0.316. The average Bonchev–Trinajstić information content (AvgIpc) is 3.29. The molecule has 5 nitrogen and oxygen atoms in total. The van der Waals surface area contributed by atoms with E-state index in [0.717, 1.165) is 35.0 Å². The molecule has 0 radical (unpaired) electrons. The molecule has 120 valence electrons. The van der Waals surface area contributed by atoms with Gasteiger partial charge in [0.25, 0.3) is 0 Å². The van der Waals surface area contributed by atoms with E-state index >= 15 is 0 Å². The van der Waals surface area contributed by atoms with Crippen molar-refractivity contribution in [1.82, 2.24) is 14.5 Å². The van der Waals surface area contributed by atoms with Gasteiger partial charge in [0.15, 0.2) is 0 Å². The van der Waals surface area contributed by atoms with E-state index < -0.39 is 0 Å². The van der Waals surface area contributed by atoms with Crippen molar-refractivity contribution in [3.63, 3.8) is 0 Å². The molecule has 3 aromatic heterocycles. The highest BCUT2D eigenvalue weighted by Crippen LogP contribution is 2.41. The summed E-state index contributed by atoms with van der Waals surface area (Å²) in [5.41, 5.74) is 3.34. The van der Waals surface area contributed by atoms with Gasteiger partial charge in [-0.25, -0.2) is 4.98 Å². The van der Waals surface area contributed by atoms with Crippen LogP contribution < -0.4 is 4.74 Å². The second-order valence-electron chi connectivity index (χ2n) is 6.12. The summed E-state index contributed by atoms with van der Waals surface area (Å²) in [6.45, 7) is 0. The maximum atomic E-state index is 9.59. The van der Waals surface area contributed by atoms with Crippen molar-refractivity contribution >= 4 is 10.9 Å². The molecule has 1 saturated carbocycles. The molecular formula is C19H18N4O. The molecule has 0 bridgehead atoms. The highest BCUT2D eigenvalue weighted by Gasteiger charge is 2.25. The second kappa shape index (κ2) is 5.97. The average molecular weight is 318 g/mol. The van der Waals surface area contributed by atoms with E-state index in [1.54, 1.807) is 19.5 Å². The van der Waals surface area contributed by atoms with Crippen LogP contribution in [-0.2, 0) is 0 Å². The van der Waals surface area contributed by atoms with Crippen LogP contribution in [0, 0.1) is 11.3 Å². The van der Waals surface area contributed by atoms with Crippen molar-refractivity contribution in [1.29, 1.82) is 5.26 Å². The minimum Gasteiger partial charge on any atom is -0.480 e. The van der Waals surface area contributed by atoms with Crippen molar-refractivity contribution in [3.05, 3.63) is 42.4 Å². The lowest BCUT2D eigenvalue weighted by atomic mass is 10.1. The number of ether oxygens (including phenoxy) is 1. The Morgan fingerprint density at radius 3 is 2.75 bits per heavy atom. The summed E-state index contributed by atoms with van der Waals surface area (Å²) >= 11 is 0. The Morgan fingerprint density at radius 1 is 1.25 bits per heavy atom. The number of rotatable bonds is 3. The molecule has 0 aliphatic heterocycles. The number of methoxy groups -OCH3 is 1. The van der Waals surface area contributed by atoms with Crippen LogP contribution in [0.4, 0.5) is 0 Å². The normalized spacial score (nSPS) is 14.8. The van der Waals surface area contributed by atoms with Crippen LogP contribution in [0.1, 0.15) is 37.3 Å². The van der Waals surface area contributed by atoms with E-state index in [4.69, 9.17) is 4.74 Å². The molecule has 1 aliphatic carbocycles. The molecule has 0 aromatic carbocycles. The Labute approximate surface area is 140 Å². The zero-order valence-electron chi connectivity index (χ0n) is 13.6. The molecule has 5 heteroatoms. The first kappa shape index (κ1) is 14.7. The van der Waals surface area contributed by atoms with Gasteiger partial charge in [-0.15, -0.1) is 0 Å². The van der Waals surface area contributed by atoms with Gasteiger partial charge in [-0.1, -0.05) is 18.9 Å². The lowest BCUT2D eigenvalue weighted by Crippen LogP contribution is -2.04. The first-order valence-corrected chi connectivity index (χ1v) is 8.22. The van der Waals surface area contributed by atoms with E-state index in [2.05, 4.69) is 26.8 Å². The van der Waals surface area contributed by atoms with Crippen LogP contribution in [0.5, 0.6) is 5.88 Å². The molecule has 0 spiro atoms. The number of nitriles is 1. The molecule has 0 N–H and O–H groups in total. The fourth-order valence-corrected chi connectivity index (χ4v) is 3.69. The largest absolute Gasteiger partial charge is 0.480 e. The van der Waals surface area contributed by atoms with Crippen LogP contribution in [0.25, 0.3) is 22.2 Å². The van der Waals surface area contributed by atoms with Gasteiger partial charge in [-0.3, -0.25) is 4.98 Å². The summed E-state index contributed by atoms with van der Waals surface area (Å²) in [6.07, 6.45) is 10.2. The van der Waals surface area contributed by atoms with Crippen LogP contribution in [0.15, 0.2) is 36.8 Å². The Bertz CT molecular complexity index is 918. The predicted octanol–water partition coefficient (Wildman–Crippen LogP) is 4.09. The molecule has 1 fully saturated rings. The Kier molecular flexibility index (Phi) is 3.66. The number of nitrogens with zero attached hydrogens (tertiary/aromatic N) is 4. The van der Waals surface area contributed by atoms with Gasteiger partial charge in [0.1, 0.15) is 6.07 Å². The molecule has 3 heterocycles. The first-order chi connectivity index (χ1) is 11.8. The maximum absolute atomic E-state index is 9.59. The summed E-state index contributed by atoms with van der Waals surface area (Å²) in [4.78, 5) is 8.83. The summed E-state index contributed by atoms with van der Waals surface area (Å²) < 4.78 is 7.75. The van der Waals surface area contributed by atoms with Gasteiger partial charge in [0.2, 0.25) is 5.88 Å². The number of pyridine rings is 2. The Balaban J connectivity index is 2.07. The zero-order valence-corrected chi connectivity index (χ0v) is 13.6. The highest BCUT2D eigenvalue weighted by atomic mass is 16.5. The summed E-state index contributed by atoms with van der Waals surface area (Å²) in [6, 6.07) is 8.56. The van der Waals surface area contributed by atoms with E-state index in [1.807, 2.05) is 18.2 Å². The minimum absolute atomic E-state index is 0.421. The molecule has 0 amide bonds. The molecule has 1 aliphatic rings. The van der Waals surface area contributed by atoms with Crippen LogP contribution >= 0.6 is 0 Å². The van der Waals surface area contributed by atoms with Crippen molar-refractivity contribution < 1.29 is 4.74 Å². The third kappa shape index (κ3) is 2.23. The smallest absolute Gasteiger partial charge is 0.223 e. The standard InChI is InChI=1S/C19H18N4O/c1-24-19-17-15(16-8-4-5-9-21-16)12-23(14-6-2-3-7-14)18(17)13(10-20)11-22-19/h4-5,8-9,11-12,14H,2-3,6-7H2,1H3. The SMILES string of the molecule is COc1ncc(C#N)c2c1c(-c1ccccn1)cn2C1CCCC1. The van der Waals surface area contributed by atoms with Gasteiger partial charge < -0.3 is 9.30 Å². The number of hydrogen-bond acceptors (Lipinski definition) is 4. The topological polar surface area (TPSA) is 63.7 Å². The van der Waals surface area contributed by atoms with Crippen molar-refractivity contribution in [3.8, 4) is 23.2 Å². The van der Waals surface area contributed by atoms with Crippen molar-refractivity contribution in [2.45, 2.75) is 31.7 Å². The summed E-state index contributed by atoms with van der Waals surface area (Å²) in [5.74, 6) is 0.543.